The van der Waals surface area contributed by atoms with Crippen molar-refractivity contribution >= 4 is 29.2 Å². The highest BCUT2D eigenvalue weighted by Gasteiger charge is 2.31. The third-order valence-corrected chi connectivity index (χ3v) is 6.30. The fourth-order valence-corrected chi connectivity index (χ4v) is 4.82. The molecule has 2 aromatic carbocycles. The van der Waals surface area contributed by atoms with Gasteiger partial charge in [0.25, 0.3) is 0 Å². The fourth-order valence-electron chi connectivity index (χ4n) is 4.31. The Labute approximate surface area is 205 Å². The zero-order valence-corrected chi connectivity index (χ0v) is 20.8. The highest BCUT2D eigenvalue weighted by molar-refractivity contribution is 6.34. The second-order valence-corrected chi connectivity index (χ2v) is 10.9. The summed E-state index contributed by atoms with van der Waals surface area (Å²) in [4.78, 5) is 14.8. The van der Waals surface area contributed by atoms with Crippen molar-refractivity contribution in [3.63, 3.8) is 0 Å². The van der Waals surface area contributed by atoms with Crippen molar-refractivity contribution < 1.29 is 18.7 Å². The van der Waals surface area contributed by atoms with Crippen LogP contribution in [0.3, 0.4) is 0 Å². The Balaban J connectivity index is 1.48. The molecular weight excluding hydrogens is 464 g/mol. The van der Waals surface area contributed by atoms with E-state index in [2.05, 4.69) is 4.90 Å². The zero-order chi connectivity index (χ0) is 23.8. The molecule has 33 heavy (non-hydrogen) atoms. The predicted molar refractivity (Wildman–Crippen MR) is 129 cm³/mol. The first kappa shape index (κ1) is 24.3. The minimum absolute atomic E-state index is 0.00328. The minimum Gasteiger partial charge on any atom is -0.489 e. The van der Waals surface area contributed by atoms with Crippen molar-refractivity contribution in [2.75, 3.05) is 13.1 Å². The molecule has 0 N–H and O–H groups in total. The van der Waals surface area contributed by atoms with Crippen LogP contribution in [0, 0.1) is 5.82 Å². The summed E-state index contributed by atoms with van der Waals surface area (Å²) in [7, 11) is 0. The molecule has 0 spiro atoms. The van der Waals surface area contributed by atoms with Crippen LogP contribution in [0.1, 0.15) is 73.9 Å². The normalized spacial score (nSPS) is 19.4. The average molecular weight is 494 g/mol. The zero-order valence-electron chi connectivity index (χ0n) is 19.3. The quantitative estimate of drug-likeness (QED) is 0.405. The lowest BCUT2D eigenvalue weighted by molar-refractivity contribution is 0.00645. The third kappa shape index (κ3) is 6.62. The maximum atomic E-state index is 15.0. The van der Waals surface area contributed by atoms with E-state index in [1.54, 1.807) is 45.0 Å². The first-order valence-corrected chi connectivity index (χ1v) is 12.2. The summed E-state index contributed by atoms with van der Waals surface area (Å²) >= 11 is 12.2. The number of likely N-dealkylation sites (tertiary alicyclic amines) is 1. The van der Waals surface area contributed by atoms with Crippen LogP contribution in [0.5, 0.6) is 5.75 Å². The van der Waals surface area contributed by atoms with E-state index in [1.165, 1.54) is 6.07 Å². The Hall–Kier alpha value is -1.82. The van der Waals surface area contributed by atoms with Crippen molar-refractivity contribution in [2.24, 2.45) is 0 Å². The van der Waals surface area contributed by atoms with Gasteiger partial charge in [0.2, 0.25) is 0 Å². The Morgan fingerprint density at radius 3 is 2.42 bits per heavy atom. The first-order chi connectivity index (χ1) is 15.6. The Morgan fingerprint density at radius 2 is 1.79 bits per heavy atom. The second kappa shape index (κ2) is 9.81. The molecule has 1 atom stereocenters. The van der Waals surface area contributed by atoms with Crippen LogP contribution in [0.25, 0.3) is 0 Å². The lowest BCUT2D eigenvalue weighted by Gasteiger charge is -2.33. The van der Waals surface area contributed by atoms with Gasteiger partial charge < -0.3 is 9.47 Å². The number of hydrogen-bond acceptors (Lipinski definition) is 4. The van der Waals surface area contributed by atoms with Gasteiger partial charge in [0, 0.05) is 23.1 Å². The molecule has 0 unspecified atom stereocenters. The number of nitrogens with zero attached hydrogens (tertiary/aromatic N) is 1. The summed E-state index contributed by atoms with van der Waals surface area (Å²) in [5.74, 6) is -0.0971. The Morgan fingerprint density at radius 1 is 1.09 bits per heavy atom. The maximum absolute atomic E-state index is 15.0. The first-order valence-electron chi connectivity index (χ1n) is 11.5. The topological polar surface area (TPSA) is 38.8 Å². The van der Waals surface area contributed by atoms with Crippen LogP contribution >= 0.6 is 23.2 Å². The van der Waals surface area contributed by atoms with Gasteiger partial charge in [-0.15, -0.1) is 0 Å². The third-order valence-electron chi connectivity index (χ3n) is 5.86. The summed E-state index contributed by atoms with van der Waals surface area (Å²) < 4.78 is 26.5. The van der Waals surface area contributed by atoms with Gasteiger partial charge in [0.1, 0.15) is 23.3 Å². The van der Waals surface area contributed by atoms with Gasteiger partial charge in [0.15, 0.2) is 0 Å². The Kier molecular flexibility index (Phi) is 7.23. The van der Waals surface area contributed by atoms with Crippen molar-refractivity contribution in [3.05, 3.63) is 62.9 Å². The number of carbonyl (C=O) groups excluding carboxylic acids is 1. The molecule has 1 saturated carbocycles. The molecule has 1 aliphatic heterocycles. The molecule has 1 aliphatic carbocycles. The summed E-state index contributed by atoms with van der Waals surface area (Å²) in [5.41, 5.74) is 1.35. The molecule has 0 amide bonds. The van der Waals surface area contributed by atoms with Crippen LogP contribution < -0.4 is 4.74 Å². The maximum Gasteiger partial charge on any atom is 0.341 e. The summed E-state index contributed by atoms with van der Waals surface area (Å²) in [6.07, 6.45) is 4.04. The van der Waals surface area contributed by atoms with Gasteiger partial charge in [0.05, 0.1) is 5.56 Å². The van der Waals surface area contributed by atoms with Crippen LogP contribution in [-0.4, -0.2) is 35.7 Å². The number of esters is 1. The summed E-state index contributed by atoms with van der Waals surface area (Å²) in [5, 5.41) is 1.08. The molecular formula is C26H30Cl2FNO3. The van der Waals surface area contributed by atoms with Gasteiger partial charge in [-0.05, 0) is 100 Å². The van der Waals surface area contributed by atoms with Gasteiger partial charge in [-0.3, -0.25) is 4.90 Å². The molecule has 2 fully saturated rings. The monoisotopic (exact) mass is 493 g/mol. The largest absolute Gasteiger partial charge is 0.489 e. The van der Waals surface area contributed by atoms with E-state index in [9.17, 15) is 9.18 Å². The molecule has 1 saturated heterocycles. The Bertz CT molecular complexity index is 1010. The SMILES string of the molecule is CC(C)(C)OC(=O)c1cc(C2CC2)c(CN2CCC[C@@H](Oc3cc(Cl)cc(Cl)c3)C2)cc1F. The molecule has 2 aliphatic rings. The molecule has 178 valence electrons. The highest BCUT2D eigenvalue weighted by atomic mass is 35.5. The van der Waals surface area contributed by atoms with E-state index < -0.39 is 17.4 Å². The van der Waals surface area contributed by atoms with Crippen LogP contribution in [-0.2, 0) is 11.3 Å². The van der Waals surface area contributed by atoms with E-state index in [4.69, 9.17) is 32.7 Å². The molecule has 0 radical (unpaired) electrons. The van der Waals surface area contributed by atoms with E-state index in [0.29, 0.717) is 28.3 Å². The van der Waals surface area contributed by atoms with Crippen molar-refractivity contribution in [2.45, 2.75) is 70.6 Å². The fraction of sp³-hybridized carbons (Fsp3) is 0.500. The van der Waals surface area contributed by atoms with Gasteiger partial charge in [-0.25, -0.2) is 9.18 Å². The van der Waals surface area contributed by atoms with Gasteiger partial charge in [-0.2, -0.15) is 0 Å². The number of hydrogen-bond donors (Lipinski definition) is 0. The van der Waals surface area contributed by atoms with Crippen LogP contribution in [0.4, 0.5) is 4.39 Å². The van der Waals surface area contributed by atoms with Crippen molar-refractivity contribution in [1.29, 1.82) is 0 Å². The number of halogens is 3. The number of ether oxygens (including phenoxy) is 2. The van der Waals surface area contributed by atoms with Gasteiger partial charge in [-0.1, -0.05) is 23.2 Å². The van der Waals surface area contributed by atoms with E-state index in [1.807, 2.05) is 0 Å². The lowest BCUT2D eigenvalue weighted by atomic mass is 9.97. The molecule has 0 bridgehead atoms. The van der Waals surface area contributed by atoms with Crippen LogP contribution in [0.2, 0.25) is 10.0 Å². The molecule has 1 heterocycles. The summed E-state index contributed by atoms with van der Waals surface area (Å²) in [6.45, 7) is 7.61. The van der Waals surface area contributed by atoms with E-state index in [0.717, 1.165) is 49.9 Å². The average Bonchev–Trinajstić information content (AvgIpc) is 3.51. The van der Waals surface area contributed by atoms with E-state index in [-0.39, 0.29) is 11.7 Å². The molecule has 0 aromatic heterocycles. The second-order valence-electron chi connectivity index (χ2n) is 10.0. The molecule has 2 aromatic rings. The number of benzene rings is 2. The number of piperidine rings is 1. The highest BCUT2D eigenvalue weighted by Crippen LogP contribution is 2.43. The molecule has 7 heteroatoms. The predicted octanol–water partition coefficient (Wildman–Crippen LogP) is 7.01. The number of rotatable bonds is 6. The smallest absolute Gasteiger partial charge is 0.341 e. The lowest BCUT2D eigenvalue weighted by Crippen LogP contribution is -2.40. The molecule has 4 nitrogen and oxygen atoms in total. The standard InChI is InChI=1S/C26H30Cl2FNO3/c1-26(2,3)33-25(31)23-13-22(16-6-7-16)17(9-24(23)29)14-30-8-4-5-20(15-30)32-21-11-18(27)10-19(28)12-21/h9-13,16,20H,4-8,14-15H2,1-3H3/t20-/m1/s1. The van der Waals surface area contributed by atoms with Crippen molar-refractivity contribution in [1.82, 2.24) is 4.90 Å². The van der Waals surface area contributed by atoms with E-state index >= 15 is 0 Å². The molecule has 4 rings (SSSR count). The van der Waals surface area contributed by atoms with Crippen LogP contribution in [0.15, 0.2) is 30.3 Å². The van der Waals surface area contributed by atoms with Crippen molar-refractivity contribution in [3.8, 4) is 5.75 Å². The van der Waals surface area contributed by atoms with Gasteiger partial charge >= 0.3 is 5.97 Å². The number of carbonyl (C=O) groups is 1. The minimum atomic E-state index is -0.669. The summed E-state index contributed by atoms with van der Waals surface area (Å²) in [6, 6.07) is 8.44.